The van der Waals surface area contributed by atoms with Gasteiger partial charge in [-0.2, -0.15) is 26.2 Å². The third kappa shape index (κ3) is 4.97. The monoisotopic (exact) mass is 395 g/mol. The predicted molar refractivity (Wildman–Crippen MR) is 92.1 cm³/mol. The molecule has 0 aromatic heterocycles. The quantitative estimate of drug-likeness (QED) is 0.525. The highest BCUT2D eigenvalue weighted by atomic mass is 32.2. The van der Waals surface area contributed by atoms with Gasteiger partial charge in [-0.25, -0.2) is 0 Å². The predicted octanol–water partition coefficient (Wildman–Crippen LogP) is 3.29. The van der Waals surface area contributed by atoms with Crippen molar-refractivity contribution in [2.45, 2.75) is 44.8 Å². The molecule has 1 saturated heterocycles. The summed E-state index contributed by atoms with van der Waals surface area (Å²) < 4.78 is 66.2. The fourth-order valence-corrected chi connectivity index (χ4v) is 4.26. The molecule has 2 rings (SSSR count). The summed E-state index contributed by atoms with van der Waals surface area (Å²) >= 11 is 0. The number of hydrogen-bond acceptors (Lipinski definition) is 4. The molecule has 0 saturated carbocycles. The largest absolute Gasteiger partial charge is 0.528 e. The van der Waals surface area contributed by atoms with Gasteiger partial charge in [-0.3, -0.25) is 0 Å². The minimum absolute atomic E-state index is 0.0844. The SMILES string of the molecule is CCN(CC)C1CC[N+](Cc2ccccc2)(OS(=O)(=O)C(F)(F)F)CC1. The molecule has 0 spiro atoms. The topological polar surface area (TPSA) is 46.6 Å². The number of benzene rings is 1. The fourth-order valence-electron chi connectivity index (χ4n) is 3.56. The highest BCUT2D eigenvalue weighted by Crippen LogP contribution is 2.33. The normalized spacial score (nSPS) is 24.8. The number of nitrogens with zero attached hydrogens (tertiary/aromatic N) is 2. The van der Waals surface area contributed by atoms with Crippen molar-refractivity contribution in [2.75, 3.05) is 26.2 Å². The van der Waals surface area contributed by atoms with E-state index in [1.807, 2.05) is 13.8 Å². The van der Waals surface area contributed by atoms with E-state index in [2.05, 4.69) is 4.90 Å². The molecule has 26 heavy (non-hydrogen) atoms. The average molecular weight is 395 g/mol. The van der Waals surface area contributed by atoms with Crippen LogP contribution in [0.15, 0.2) is 30.3 Å². The first-order valence-corrected chi connectivity index (χ1v) is 10.2. The number of hydrogen-bond donors (Lipinski definition) is 0. The van der Waals surface area contributed by atoms with E-state index >= 15 is 0 Å². The summed E-state index contributed by atoms with van der Waals surface area (Å²) in [7, 11) is -5.67. The second-order valence-electron chi connectivity index (χ2n) is 6.58. The van der Waals surface area contributed by atoms with Crippen molar-refractivity contribution in [3.05, 3.63) is 35.9 Å². The maximum absolute atomic E-state index is 12.9. The highest BCUT2D eigenvalue weighted by Gasteiger charge is 2.54. The van der Waals surface area contributed by atoms with Crippen LogP contribution in [0.25, 0.3) is 0 Å². The Balaban J connectivity index is 2.24. The number of piperidine rings is 1. The molecule has 0 unspecified atom stereocenters. The summed E-state index contributed by atoms with van der Waals surface area (Å²) in [4.78, 5) is 2.24. The van der Waals surface area contributed by atoms with Gasteiger partial charge in [0.15, 0.2) is 0 Å². The van der Waals surface area contributed by atoms with Crippen molar-refractivity contribution in [1.82, 2.24) is 4.90 Å². The summed E-state index contributed by atoms with van der Waals surface area (Å²) in [6.45, 7) is 6.28. The van der Waals surface area contributed by atoms with Gasteiger partial charge in [-0.1, -0.05) is 48.5 Å². The maximum Gasteiger partial charge on any atom is 0.528 e. The molecule has 0 bridgehead atoms. The molecule has 5 nitrogen and oxygen atoms in total. The van der Waals surface area contributed by atoms with E-state index in [0.717, 1.165) is 18.7 Å². The first-order valence-electron chi connectivity index (χ1n) is 8.79. The minimum atomic E-state index is -5.67. The van der Waals surface area contributed by atoms with E-state index in [9.17, 15) is 21.6 Å². The van der Waals surface area contributed by atoms with Gasteiger partial charge in [0, 0.05) is 24.4 Å². The molecule has 0 atom stereocenters. The molecule has 148 valence electrons. The van der Waals surface area contributed by atoms with Crippen LogP contribution in [0.2, 0.25) is 0 Å². The number of halogens is 3. The smallest absolute Gasteiger partial charge is 0.300 e. The lowest BCUT2D eigenvalue weighted by Crippen LogP contribution is -2.57. The van der Waals surface area contributed by atoms with Gasteiger partial charge in [-0.15, -0.1) is 0 Å². The van der Waals surface area contributed by atoms with E-state index < -0.39 is 20.3 Å². The summed E-state index contributed by atoms with van der Waals surface area (Å²) in [6.07, 6.45) is 1.17. The van der Waals surface area contributed by atoms with E-state index in [4.69, 9.17) is 4.28 Å². The third-order valence-corrected chi connectivity index (χ3v) is 6.00. The molecule has 0 N–H and O–H groups in total. The Morgan fingerprint density at radius 2 is 1.65 bits per heavy atom. The molecule has 1 aliphatic heterocycles. The van der Waals surface area contributed by atoms with Crippen molar-refractivity contribution >= 4 is 10.1 Å². The number of likely N-dealkylation sites (tertiary alicyclic amines) is 1. The lowest BCUT2D eigenvalue weighted by atomic mass is 10.0. The van der Waals surface area contributed by atoms with Crippen LogP contribution in [0, 0.1) is 0 Å². The van der Waals surface area contributed by atoms with E-state index in [0.29, 0.717) is 12.8 Å². The van der Waals surface area contributed by atoms with Gasteiger partial charge in [0.25, 0.3) is 0 Å². The van der Waals surface area contributed by atoms with E-state index in [1.165, 1.54) is 0 Å². The summed E-state index contributed by atoms with van der Waals surface area (Å²) in [5.74, 6) is 0. The summed E-state index contributed by atoms with van der Waals surface area (Å²) in [6, 6.07) is 9.09. The number of quaternary nitrogens is 1. The second-order valence-corrected chi connectivity index (χ2v) is 8.10. The Kier molecular flexibility index (Phi) is 6.70. The first kappa shape index (κ1) is 21.1. The Bertz CT molecular complexity index is 668. The van der Waals surface area contributed by atoms with Crippen LogP contribution < -0.4 is 0 Å². The molecule has 1 aromatic carbocycles. The molecule has 1 heterocycles. The van der Waals surface area contributed by atoms with E-state index in [1.54, 1.807) is 30.3 Å². The Morgan fingerprint density at radius 3 is 2.12 bits per heavy atom. The van der Waals surface area contributed by atoms with Crippen molar-refractivity contribution < 1.29 is 30.5 Å². The molecule has 9 heteroatoms. The van der Waals surface area contributed by atoms with Gasteiger partial charge in [0.2, 0.25) is 0 Å². The van der Waals surface area contributed by atoms with Crippen LogP contribution in [0.4, 0.5) is 13.2 Å². The van der Waals surface area contributed by atoms with Crippen LogP contribution in [-0.2, 0) is 20.9 Å². The highest BCUT2D eigenvalue weighted by molar-refractivity contribution is 7.87. The molecule has 0 amide bonds. The zero-order valence-corrected chi connectivity index (χ0v) is 15.9. The van der Waals surface area contributed by atoms with Crippen LogP contribution in [0.1, 0.15) is 32.3 Å². The Morgan fingerprint density at radius 1 is 1.12 bits per heavy atom. The van der Waals surface area contributed by atoms with Crippen LogP contribution in [0.3, 0.4) is 0 Å². The molecule has 1 fully saturated rings. The summed E-state index contributed by atoms with van der Waals surface area (Å²) in [5.41, 5.74) is -4.68. The van der Waals surface area contributed by atoms with Gasteiger partial charge < -0.3 is 4.90 Å². The van der Waals surface area contributed by atoms with Crippen molar-refractivity contribution in [3.8, 4) is 0 Å². The molecule has 1 aliphatic rings. The van der Waals surface area contributed by atoms with E-state index in [-0.39, 0.29) is 25.7 Å². The average Bonchev–Trinajstić information content (AvgIpc) is 2.57. The second kappa shape index (κ2) is 8.24. The van der Waals surface area contributed by atoms with Crippen LogP contribution >= 0.6 is 0 Å². The lowest BCUT2D eigenvalue weighted by molar-refractivity contribution is -1.09. The van der Waals surface area contributed by atoms with Crippen LogP contribution in [-0.4, -0.2) is 55.7 Å². The van der Waals surface area contributed by atoms with Crippen molar-refractivity contribution in [1.29, 1.82) is 0 Å². The third-order valence-electron chi connectivity index (χ3n) is 4.92. The van der Waals surface area contributed by atoms with Gasteiger partial charge in [-0.05, 0) is 13.1 Å². The Hall–Kier alpha value is -1.16. The number of alkyl halides is 3. The van der Waals surface area contributed by atoms with Crippen LogP contribution in [0.5, 0.6) is 0 Å². The molecular formula is C17H26F3N2O3S+. The van der Waals surface area contributed by atoms with Gasteiger partial charge in [0.05, 0.1) is 0 Å². The number of hydroxylamine groups is 3. The minimum Gasteiger partial charge on any atom is -0.300 e. The maximum atomic E-state index is 12.9. The summed E-state index contributed by atoms with van der Waals surface area (Å²) in [5, 5.41) is 0. The molecule has 1 aromatic rings. The van der Waals surface area contributed by atoms with Gasteiger partial charge in [0.1, 0.15) is 19.6 Å². The zero-order chi connectivity index (χ0) is 19.4. The molecule has 0 aliphatic carbocycles. The van der Waals surface area contributed by atoms with Crippen molar-refractivity contribution in [3.63, 3.8) is 0 Å². The molecule has 0 radical (unpaired) electrons. The van der Waals surface area contributed by atoms with Gasteiger partial charge >= 0.3 is 15.6 Å². The lowest BCUT2D eigenvalue weighted by Gasteiger charge is -2.42. The molecular weight excluding hydrogens is 369 g/mol. The number of rotatable bonds is 7. The van der Waals surface area contributed by atoms with Crippen molar-refractivity contribution in [2.24, 2.45) is 0 Å². The fraction of sp³-hybridized carbons (Fsp3) is 0.647. The standard InChI is InChI=1S/C17H26F3N2O3S/c1-3-21(4-2)16-10-12-22(13-11-16,14-15-8-6-5-7-9-15)25-26(23,24)17(18,19)20/h5-9,16H,3-4,10-14H2,1-2H3/q+1. The Labute approximate surface area is 153 Å². The zero-order valence-electron chi connectivity index (χ0n) is 15.1. The first-order chi connectivity index (χ1) is 12.1.